The van der Waals surface area contributed by atoms with E-state index >= 15 is 0 Å². The number of esters is 1. The van der Waals surface area contributed by atoms with Crippen LogP contribution < -0.4 is 0 Å². The lowest BCUT2D eigenvalue weighted by atomic mass is 10.2. The Bertz CT molecular complexity index is 921. The molecule has 2 atom stereocenters. The summed E-state index contributed by atoms with van der Waals surface area (Å²) in [7, 11) is 0. The van der Waals surface area contributed by atoms with Crippen LogP contribution in [0.15, 0.2) is 12.2 Å². The van der Waals surface area contributed by atoms with Crippen molar-refractivity contribution in [3.8, 4) is 0 Å². The quantitative estimate of drug-likeness (QED) is 0.209. The molecule has 224 valence electrons. The van der Waals surface area contributed by atoms with Crippen molar-refractivity contribution in [3.63, 3.8) is 0 Å². The van der Waals surface area contributed by atoms with Crippen LogP contribution in [0.2, 0.25) is 0 Å². The lowest BCUT2D eigenvalue weighted by Crippen LogP contribution is -2.50. The van der Waals surface area contributed by atoms with Crippen molar-refractivity contribution in [1.29, 1.82) is 0 Å². The number of aldehydes is 1. The van der Waals surface area contributed by atoms with E-state index < -0.39 is 52.5 Å². The van der Waals surface area contributed by atoms with Gasteiger partial charge in [0.05, 0.1) is 19.3 Å². The molecule has 39 heavy (non-hydrogen) atoms. The van der Waals surface area contributed by atoms with Gasteiger partial charge in [0, 0.05) is 6.08 Å². The zero-order valence-electron chi connectivity index (χ0n) is 25.9. The van der Waals surface area contributed by atoms with E-state index in [-0.39, 0.29) is 12.6 Å². The summed E-state index contributed by atoms with van der Waals surface area (Å²) in [5, 5.41) is 0. The topological polar surface area (TPSA) is 121 Å². The zero-order valence-corrected chi connectivity index (χ0v) is 25.9. The lowest BCUT2D eigenvalue weighted by Gasteiger charge is -2.34. The van der Waals surface area contributed by atoms with E-state index in [1.54, 1.807) is 96.1 Å². The van der Waals surface area contributed by atoms with E-state index in [2.05, 4.69) is 0 Å². The molecule has 0 aliphatic carbocycles. The minimum Gasteiger partial charge on any atom is -0.457 e. The monoisotopic (exact) mass is 556 g/mol. The molecule has 2 aliphatic heterocycles. The van der Waals surface area contributed by atoms with Gasteiger partial charge in [0.2, 0.25) is 0 Å². The molecule has 0 aromatic heterocycles. The number of hydrogen-bond donors (Lipinski definition) is 0. The number of rotatable bonds is 3. The van der Waals surface area contributed by atoms with Crippen LogP contribution in [0.4, 0.5) is 9.59 Å². The molecule has 0 aromatic carbocycles. The molecule has 2 aliphatic rings. The van der Waals surface area contributed by atoms with Crippen molar-refractivity contribution in [3.05, 3.63) is 12.2 Å². The largest absolute Gasteiger partial charge is 0.457 e. The predicted molar refractivity (Wildman–Crippen MR) is 145 cm³/mol. The minimum absolute atomic E-state index is 0.218. The highest BCUT2D eigenvalue weighted by molar-refractivity contribution is 5.82. The highest BCUT2D eigenvalue weighted by Crippen LogP contribution is 2.30. The van der Waals surface area contributed by atoms with E-state index in [1.807, 2.05) is 0 Å². The van der Waals surface area contributed by atoms with Crippen molar-refractivity contribution >= 4 is 24.4 Å². The number of amides is 2. The van der Waals surface area contributed by atoms with Gasteiger partial charge in [0.25, 0.3) is 0 Å². The van der Waals surface area contributed by atoms with Gasteiger partial charge < -0.3 is 28.5 Å². The maximum absolute atomic E-state index is 12.4. The number of carbonyl (C=O) groups is 4. The predicted octanol–water partition coefficient (Wildman–Crippen LogP) is 4.81. The average molecular weight is 557 g/mol. The fraction of sp³-hybridized carbons (Fsp3) is 0.786. The number of hydrogen-bond acceptors (Lipinski definition) is 9. The van der Waals surface area contributed by atoms with Crippen LogP contribution in [0.1, 0.15) is 90.0 Å². The standard InChI is InChI=1S/C17H29NO5.C11H19NO4/c1-15(2,3)22-13(19)10-9-12-11-21-17(7,8)18(12)14(20)23-16(4,5)6;1-10(2,3)16-9(14)12-8(6-13)7-15-11(12,4)5/h9-10,12H,11H2,1-8H3;6,8H,7H2,1-5H3/b10-9+;. The summed E-state index contributed by atoms with van der Waals surface area (Å²) in [5.41, 5.74) is -3.34. The van der Waals surface area contributed by atoms with Crippen molar-refractivity contribution < 1.29 is 42.9 Å². The van der Waals surface area contributed by atoms with Crippen LogP contribution >= 0.6 is 0 Å². The summed E-state index contributed by atoms with van der Waals surface area (Å²) in [4.78, 5) is 49.8. The third-order valence-electron chi connectivity index (χ3n) is 5.24. The van der Waals surface area contributed by atoms with Crippen LogP contribution in [0.5, 0.6) is 0 Å². The summed E-state index contributed by atoms with van der Waals surface area (Å²) in [6.07, 6.45) is 2.66. The third kappa shape index (κ3) is 11.2. The first kappa shape index (κ1) is 34.4. The van der Waals surface area contributed by atoms with Crippen LogP contribution in [-0.2, 0) is 33.3 Å². The van der Waals surface area contributed by atoms with Gasteiger partial charge in [-0.2, -0.15) is 0 Å². The lowest BCUT2D eigenvalue weighted by molar-refractivity contribution is -0.148. The Morgan fingerprint density at radius 3 is 1.41 bits per heavy atom. The van der Waals surface area contributed by atoms with Gasteiger partial charge in [-0.1, -0.05) is 6.08 Å². The molecule has 11 heteroatoms. The van der Waals surface area contributed by atoms with Crippen LogP contribution in [0.3, 0.4) is 0 Å². The molecular formula is C28H48N2O9. The molecular weight excluding hydrogens is 508 g/mol. The number of carbonyl (C=O) groups excluding carboxylic acids is 4. The molecule has 2 rings (SSSR count). The molecule has 2 fully saturated rings. The second kappa shape index (κ2) is 12.2. The minimum atomic E-state index is -0.800. The van der Waals surface area contributed by atoms with Gasteiger partial charge in [-0.05, 0) is 90.0 Å². The second-order valence-electron chi connectivity index (χ2n) is 13.4. The molecule has 2 amide bonds. The summed E-state index contributed by atoms with van der Waals surface area (Å²) < 4.78 is 26.9. The van der Waals surface area contributed by atoms with E-state index in [0.29, 0.717) is 12.9 Å². The van der Waals surface area contributed by atoms with Gasteiger partial charge in [-0.25, -0.2) is 14.4 Å². The second-order valence-corrected chi connectivity index (χ2v) is 13.4. The van der Waals surface area contributed by atoms with E-state index in [9.17, 15) is 19.2 Å². The van der Waals surface area contributed by atoms with Crippen molar-refractivity contribution in [1.82, 2.24) is 9.80 Å². The van der Waals surface area contributed by atoms with Gasteiger partial charge in [-0.15, -0.1) is 0 Å². The smallest absolute Gasteiger partial charge is 0.413 e. The van der Waals surface area contributed by atoms with Crippen molar-refractivity contribution in [2.24, 2.45) is 0 Å². The normalized spacial score (nSPS) is 22.7. The van der Waals surface area contributed by atoms with Crippen molar-refractivity contribution in [2.45, 2.75) is 130 Å². The summed E-state index contributed by atoms with van der Waals surface area (Å²) in [6, 6.07) is -0.947. The Morgan fingerprint density at radius 2 is 1.05 bits per heavy atom. The highest BCUT2D eigenvalue weighted by Gasteiger charge is 2.46. The van der Waals surface area contributed by atoms with Gasteiger partial charge >= 0.3 is 18.2 Å². The van der Waals surface area contributed by atoms with Crippen LogP contribution in [0, 0.1) is 0 Å². The first-order valence-corrected chi connectivity index (χ1v) is 13.1. The maximum atomic E-state index is 12.4. The molecule has 2 unspecified atom stereocenters. The Balaban J connectivity index is 0.000000416. The molecule has 0 spiro atoms. The molecule has 0 radical (unpaired) electrons. The average Bonchev–Trinajstić information content (AvgIpc) is 3.17. The highest BCUT2D eigenvalue weighted by atomic mass is 16.6. The fourth-order valence-corrected chi connectivity index (χ4v) is 3.77. The molecule has 0 aromatic rings. The molecule has 0 saturated carbocycles. The summed E-state index contributed by atoms with van der Waals surface area (Å²) >= 11 is 0. The molecule has 0 N–H and O–H groups in total. The van der Waals surface area contributed by atoms with E-state index in [1.165, 1.54) is 15.9 Å². The fourth-order valence-electron chi connectivity index (χ4n) is 3.77. The third-order valence-corrected chi connectivity index (χ3v) is 5.24. The Morgan fingerprint density at radius 1 is 0.692 bits per heavy atom. The zero-order chi connectivity index (χ0) is 30.6. The summed E-state index contributed by atoms with van der Waals surface area (Å²) in [6.45, 7) is 23.7. The van der Waals surface area contributed by atoms with Crippen LogP contribution in [0.25, 0.3) is 0 Å². The number of ether oxygens (including phenoxy) is 5. The molecule has 2 saturated heterocycles. The van der Waals surface area contributed by atoms with Crippen LogP contribution in [-0.4, -0.2) is 87.8 Å². The maximum Gasteiger partial charge on any atom is 0.413 e. The Kier molecular flexibility index (Phi) is 10.8. The molecule has 0 bridgehead atoms. The Labute approximate surface area is 233 Å². The van der Waals surface area contributed by atoms with E-state index in [0.717, 1.165) is 0 Å². The number of nitrogens with zero attached hydrogens (tertiary/aromatic N) is 2. The first-order valence-electron chi connectivity index (χ1n) is 13.1. The van der Waals surface area contributed by atoms with E-state index in [4.69, 9.17) is 23.7 Å². The van der Waals surface area contributed by atoms with Crippen molar-refractivity contribution in [2.75, 3.05) is 13.2 Å². The summed E-state index contributed by atoms with van der Waals surface area (Å²) in [5.74, 6) is -0.452. The van der Waals surface area contributed by atoms with Gasteiger partial charge in [0.15, 0.2) is 0 Å². The van der Waals surface area contributed by atoms with Gasteiger partial charge in [0.1, 0.15) is 40.6 Å². The Hall–Kier alpha value is -2.66. The van der Waals surface area contributed by atoms with Gasteiger partial charge in [-0.3, -0.25) is 9.80 Å². The SMILES string of the molecule is CC(C)(C)OC(=O)/C=C/C1COC(C)(C)N1C(=O)OC(C)(C)C.CC(C)(C)OC(=O)N1C(C=O)COC1(C)C. The molecule has 11 nitrogen and oxygen atoms in total. The first-order chi connectivity index (χ1) is 17.4. The molecule has 2 heterocycles.